The molecule has 3 aliphatic heterocycles. The number of nitrogens with zero attached hydrogens (tertiary/aromatic N) is 8. The maximum absolute atomic E-state index is 10.0. The molecule has 5 aliphatic rings. The molecule has 14 heteroatoms. The van der Waals surface area contributed by atoms with Gasteiger partial charge in [0.15, 0.2) is 29.1 Å². The van der Waals surface area contributed by atoms with Crippen molar-refractivity contribution < 1.29 is 9.31 Å². The van der Waals surface area contributed by atoms with Gasteiger partial charge in [-0.3, -0.25) is 0 Å². The molecule has 12 aromatic carbocycles. The van der Waals surface area contributed by atoms with Crippen LogP contribution in [0.5, 0.6) is 0 Å². The molecule has 10 nitrogen and oxygen atoms in total. The minimum Gasteiger partial charge on any atom is -0.399 e. The van der Waals surface area contributed by atoms with E-state index in [-0.39, 0.29) is 5.28 Å². The summed E-state index contributed by atoms with van der Waals surface area (Å²) in [5, 5.41) is 20.1. The third-order valence-electron chi connectivity index (χ3n) is 20.3. The van der Waals surface area contributed by atoms with Crippen LogP contribution in [-0.2, 0) is 20.1 Å². The topological polar surface area (TPSA) is 143 Å². The summed E-state index contributed by atoms with van der Waals surface area (Å²) in [4.78, 5) is 32.5. The maximum Gasteiger partial charge on any atom is 0.494 e. The summed E-state index contributed by atoms with van der Waals surface area (Å²) in [5.74, 6) is 3.05. The average molecular weight is 1370 g/mol. The summed E-state index contributed by atoms with van der Waals surface area (Å²) in [7, 11) is -0.448. The van der Waals surface area contributed by atoms with Gasteiger partial charge in [0.2, 0.25) is 5.28 Å². The summed E-state index contributed by atoms with van der Waals surface area (Å²) in [6.45, 7) is 8.36. The fourth-order valence-electron chi connectivity index (χ4n) is 14.9. The zero-order chi connectivity index (χ0) is 69.3. The lowest BCUT2D eigenvalue weighted by Crippen LogP contribution is -2.41. The van der Waals surface area contributed by atoms with E-state index in [0.717, 1.165) is 54.9 Å². The molecule has 0 radical (unpaired) electrons. The minimum absolute atomic E-state index is 0.202. The van der Waals surface area contributed by atoms with Crippen molar-refractivity contribution in [1.29, 1.82) is 10.5 Å². The first-order valence-electron chi connectivity index (χ1n) is 33.7. The van der Waals surface area contributed by atoms with Gasteiger partial charge in [-0.2, -0.15) is 20.5 Å². The Balaban J connectivity index is 0.000000123. The van der Waals surface area contributed by atoms with Crippen LogP contribution in [0, 0.1) is 22.7 Å². The Morgan fingerprint density at radius 2 is 0.608 bits per heavy atom. The second kappa shape index (κ2) is 25.7. The summed E-state index contributed by atoms with van der Waals surface area (Å²) in [5.41, 5.74) is 19.5. The largest absolute Gasteiger partial charge is 0.494 e. The van der Waals surface area contributed by atoms with Crippen molar-refractivity contribution in [3.8, 4) is 91.3 Å². The number of hydrogen-bond acceptors (Lipinski definition) is 12. The van der Waals surface area contributed by atoms with Crippen molar-refractivity contribution in [2.45, 2.75) is 69.3 Å². The third-order valence-corrected chi connectivity index (χ3v) is 22.8. The minimum atomic E-state index is -0.608. The SMILES string of the molecule is CC1(C)OB(c2ccc3c(c2)C2(c4cc(C#N)ccc4S3)c3ccccc3-c3ccccc32)OC1(C)C.Clc1nc(-c2ccccc2)nc(-c2ccccc2)n1.N#Cc1ccc2c(c1)C1(c3cc(-c4nc(-c5ccccc5)nc(-c5ccccc5)n4)ccc3S2)c2ccccc2-c2ccccc21. The van der Waals surface area contributed by atoms with Crippen molar-refractivity contribution in [1.82, 2.24) is 29.9 Å². The molecule has 0 atom stereocenters. The van der Waals surface area contributed by atoms with Gasteiger partial charge in [-0.05, 0) is 166 Å². The van der Waals surface area contributed by atoms with Crippen LogP contribution in [0.15, 0.2) is 311 Å². The molecule has 1 saturated heterocycles. The molecule has 0 saturated carbocycles. The van der Waals surface area contributed by atoms with Gasteiger partial charge in [0.25, 0.3) is 0 Å². The van der Waals surface area contributed by atoms with E-state index in [9.17, 15) is 10.5 Å². The highest BCUT2D eigenvalue weighted by Gasteiger charge is 2.55. The number of benzene rings is 12. The van der Waals surface area contributed by atoms with E-state index in [1.165, 1.54) is 64.8 Å². The van der Waals surface area contributed by atoms with Crippen LogP contribution in [0.2, 0.25) is 5.28 Å². The first-order chi connectivity index (χ1) is 49.8. The number of nitriles is 2. The summed E-state index contributed by atoms with van der Waals surface area (Å²) in [6.07, 6.45) is 0. The Hall–Kier alpha value is -11.4. The zero-order valence-electron chi connectivity index (χ0n) is 55.9. The average Bonchev–Trinajstić information content (AvgIpc) is 1.51. The Labute approximate surface area is 606 Å². The first-order valence-corrected chi connectivity index (χ1v) is 35.7. The molecule has 5 heterocycles. The van der Waals surface area contributed by atoms with Crippen molar-refractivity contribution in [3.63, 3.8) is 0 Å². The Bertz CT molecular complexity index is 5530. The lowest BCUT2D eigenvalue weighted by Gasteiger charge is -2.40. The second-order valence-electron chi connectivity index (χ2n) is 26.6. The molecule has 102 heavy (non-hydrogen) atoms. The molecule has 1 fully saturated rings. The van der Waals surface area contributed by atoms with Gasteiger partial charge in [0.1, 0.15) is 0 Å². The zero-order valence-corrected chi connectivity index (χ0v) is 58.3. The molecule has 19 rings (SSSR count). The highest BCUT2D eigenvalue weighted by Crippen LogP contribution is 2.64. The van der Waals surface area contributed by atoms with Crippen LogP contribution in [0.1, 0.15) is 83.3 Å². The van der Waals surface area contributed by atoms with Crippen molar-refractivity contribution in [3.05, 3.63) is 352 Å². The van der Waals surface area contributed by atoms with E-state index in [2.05, 4.69) is 213 Å². The standard InChI is InChI=1S/C41H24N4S.C32H26BNO2S.C15H10ClN3/c42-25-26-19-21-36-34(23-26)41(32-17-9-7-15-30(32)31-16-8-10-18-33(31)41)35-24-29(20-22-37(35)46-36)40-44-38(27-11-3-1-4-12-27)43-39(45-40)28-13-5-2-6-14-28;1-30(2)31(3,4)36-33(35-30)21-14-16-29-27(18-21)32(26-17-20(19-34)13-15-28(26)37-29)24-11-7-5-9-22(24)23-10-6-8-12-25(23)32;16-15-18-13(11-7-3-1-4-8-11)17-14(19-15)12-9-5-2-6-10-12/h1-24H;5-18H,1-4H3;1-10H. The molecule has 2 aliphatic carbocycles. The van der Waals surface area contributed by atoms with E-state index >= 15 is 0 Å². The number of hydrogen-bond donors (Lipinski definition) is 0. The molecule has 0 unspecified atom stereocenters. The number of aromatic nitrogens is 6. The second-order valence-corrected chi connectivity index (χ2v) is 29.1. The van der Waals surface area contributed by atoms with Crippen LogP contribution in [0.3, 0.4) is 0 Å². The predicted octanol–water partition coefficient (Wildman–Crippen LogP) is 20.1. The monoisotopic (exact) mass is 1370 g/mol. The third kappa shape index (κ3) is 10.7. The van der Waals surface area contributed by atoms with E-state index in [0.29, 0.717) is 40.2 Å². The van der Waals surface area contributed by atoms with Crippen LogP contribution in [0.4, 0.5) is 0 Å². The van der Waals surface area contributed by atoms with E-state index < -0.39 is 29.2 Å². The lowest BCUT2D eigenvalue weighted by atomic mass is 9.65. The van der Waals surface area contributed by atoms with Crippen LogP contribution in [0.25, 0.3) is 79.2 Å². The van der Waals surface area contributed by atoms with Gasteiger partial charge in [0, 0.05) is 47.4 Å². The highest BCUT2D eigenvalue weighted by atomic mass is 35.5. The van der Waals surface area contributed by atoms with Gasteiger partial charge in [-0.15, -0.1) is 0 Å². The molecule has 2 spiro atoms. The number of halogens is 1. The van der Waals surface area contributed by atoms with Crippen LogP contribution in [-0.4, -0.2) is 48.2 Å². The number of fused-ring (bicyclic) bond motifs is 18. The molecule has 0 amide bonds. The van der Waals surface area contributed by atoms with E-state index in [1.807, 2.05) is 133 Å². The predicted molar refractivity (Wildman–Crippen MR) is 406 cm³/mol. The van der Waals surface area contributed by atoms with Gasteiger partial charge in [0.05, 0.1) is 45.3 Å². The summed E-state index contributed by atoms with van der Waals surface area (Å²) >= 11 is 9.51. The van der Waals surface area contributed by atoms with Crippen LogP contribution < -0.4 is 5.46 Å². The Morgan fingerprint density at radius 3 is 0.971 bits per heavy atom. The van der Waals surface area contributed by atoms with Gasteiger partial charge >= 0.3 is 7.12 Å². The lowest BCUT2D eigenvalue weighted by molar-refractivity contribution is 0.00578. The fourth-order valence-corrected chi connectivity index (χ4v) is 17.4. The molecule has 0 bridgehead atoms. The number of rotatable bonds is 6. The molecule has 14 aromatic rings. The van der Waals surface area contributed by atoms with Crippen molar-refractivity contribution in [2.75, 3.05) is 0 Å². The van der Waals surface area contributed by atoms with E-state index in [4.69, 9.17) is 35.9 Å². The van der Waals surface area contributed by atoms with E-state index in [1.54, 1.807) is 23.5 Å². The molecule has 2 aromatic heterocycles. The smallest absolute Gasteiger partial charge is 0.399 e. The molecule has 486 valence electrons. The highest BCUT2D eigenvalue weighted by molar-refractivity contribution is 7.99. The van der Waals surface area contributed by atoms with Crippen molar-refractivity contribution >= 4 is 47.7 Å². The van der Waals surface area contributed by atoms with Crippen LogP contribution >= 0.6 is 35.1 Å². The van der Waals surface area contributed by atoms with Gasteiger partial charge in [-0.1, -0.05) is 260 Å². The van der Waals surface area contributed by atoms with Crippen molar-refractivity contribution in [2.24, 2.45) is 0 Å². The molecule has 0 N–H and O–H groups in total. The van der Waals surface area contributed by atoms with Gasteiger partial charge in [-0.25, -0.2) is 19.9 Å². The first kappa shape index (κ1) is 64.0. The maximum atomic E-state index is 10.0. The normalized spacial score (nSPS) is 14.8. The summed E-state index contributed by atoms with van der Waals surface area (Å²) < 4.78 is 12.9. The Morgan fingerprint density at radius 1 is 0.314 bits per heavy atom. The molecular weight excluding hydrogens is 1310 g/mol. The van der Waals surface area contributed by atoms with Gasteiger partial charge < -0.3 is 9.31 Å². The molecular formula is C88H60BClN8O2S2. The fraction of sp³-hybridized carbons (Fsp3) is 0.0909. The summed E-state index contributed by atoms with van der Waals surface area (Å²) in [6, 6.07) is 105. The quantitative estimate of drug-likeness (QED) is 0.146. The Kier molecular flexibility index (Phi) is 16.1.